The molecule has 2 N–H and O–H groups in total. The van der Waals surface area contributed by atoms with Gasteiger partial charge in [0.1, 0.15) is 0 Å². The van der Waals surface area contributed by atoms with Gasteiger partial charge >= 0.3 is 0 Å². The predicted molar refractivity (Wildman–Crippen MR) is 77.9 cm³/mol. The molecule has 0 aliphatic heterocycles. The minimum Gasteiger partial charge on any atom is -0.324 e. The standard InChI is InChI=1S/C16H18ClN/c1-2-12-3-7-14(8-4-12)16(18)11-13-5-9-15(17)10-6-13/h3-10,16H,2,11,18H2,1H3. The van der Waals surface area contributed by atoms with E-state index in [1.165, 1.54) is 16.7 Å². The average molecular weight is 260 g/mol. The highest BCUT2D eigenvalue weighted by Crippen LogP contribution is 2.18. The Kier molecular flexibility index (Phi) is 4.40. The molecule has 2 aromatic carbocycles. The van der Waals surface area contributed by atoms with Crippen LogP contribution in [0.15, 0.2) is 48.5 Å². The molecule has 1 atom stereocenters. The zero-order chi connectivity index (χ0) is 13.0. The van der Waals surface area contributed by atoms with Gasteiger partial charge in [-0.15, -0.1) is 0 Å². The average Bonchev–Trinajstić information content (AvgIpc) is 2.41. The fourth-order valence-corrected chi connectivity index (χ4v) is 2.12. The summed E-state index contributed by atoms with van der Waals surface area (Å²) in [6.07, 6.45) is 1.90. The summed E-state index contributed by atoms with van der Waals surface area (Å²) in [5, 5.41) is 0.764. The summed E-state index contributed by atoms with van der Waals surface area (Å²) in [5.74, 6) is 0. The van der Waals surface area contributed by atoms with Gasteiger partial charge in [0.2, 0.25) is 0 Å². The molecule has 94 valence electrons. The van der Waals surface area contributed by atoms with Crippen molar-refractivity contribution in [1.82, 2.24) is 0 Å². The first-order valence-corrected chi connectivity index (χ1v) is 6.65. The van der Waals surface area contributed by atoms with Gasteiger partial charge in [-0.25, -0.2) is 0 Å². The van der Waals surface area contributed by atoms with Crippen LogP contribution < -0.4 is 5.73 Å². The van der Waals surface area contributed by atoms with Gasteiger partial charge in [0.05, 0.1) is 0 Å². The summed E-state index contributed by atoms with van der Waals surface area (Å²) in [6.45, 7) is 2.16. The Morgan fingerprint density at radius 1 is 0.944 bits per heavy atom. The van der Waals surface area contributed by atoms with Crippen molar-refractivity contribution >= 4 is 11.6 Å². The number of hydrogen-bond acceptors (Lipinski definition) is 1. The molecule has 0 radical (unpaired) electrons. The van der Waals surface area contributed by atoms with Crippen molar-refractivity contribution in [2.24, 2.45) is 5.73 Å². The highest BCUT2D eigenvalue weighted by Gasteiger charge is 2.06. The maximum Gasteiger partial charge on any atom is 0.0406 e. The van der Waals surface area contributed by atoms with Crippen LogP contribution in [0.4, 0.5) is 0 Å². The van der Waals surface area contributed by atoms with E-state index in [4.69, 9.17) is 17.3 Å². The third kappa shape index (κ3) is 3.34. The quantitative estimate of drug-likeness (QED) is 0.877. The summed E-state index contributed by atoms with van der Waals surface area (Å²) in [5.41, 5.74) is 9.97. The highest BCUT2D eigenvalue weighted by molar-refractivity contribution is 6.30. The van der Waals surface area contributed by atoms with Crippen LogP contribution in [0.5, 0.6) is 0 Å². The van der Waals surface area contributed by atoms with E-state index in [1.807, 2.05) is 24.3 Å². The molecule has 0 aliphatic rings. The van der Waals surface area contributed by atoms with E-state index < -0.39 is 0 Å². The lowest BCUT2D eigenvalue weighted by Crippen LogP contribution is -2.13. The number of aryl methyl sites for hydroxylation is 1. The Morgan fingerprint density at radius 2 is 1.50 bits per heavy atom. The van der Waals surface area contributed by atoms with E-state index in [2.05, 4.69) is 31.2 Å². The molecule has 0 heterocycles. The second-order valence-electron chi connectivity index (χ2n) is 4.53. The van der Waals surface area contributed by atoms with E-state index in [0.29, 0.717) is 0 Å². The van der Waals surface area contributed by atoms with Gasteiger partial charge in [0.25, 0.3) is 0 Å². The highest BCUT2D eigenvalue weighted by atomic mass is 35.5. The second-order valence-corrected chi connectivity index (χ2v) is 4.97. The zero-order valence-corrected chi connectivity index (χ0v) is 11.3. The smallest absolute Gasteiger partial charge is 0.0406 e. The fourth-order valence-electron chi connectivity index (χ4n) is 1.99. The molecule has 0 spiro atoms. The molecular formula is C16H18ClN. The van der Waals surface area contributed by atoms with Gasteiger partial charge in [-0.2, -0.15) is 0 Å². The van der Waals surface area contributed by atoms with Crippen molar-refractivity contribution in [3.8, 4) is 0 Å². The SMILES string of the molecule is CCc1ccc(C(N)Cc2ccc(Cl)cc2)cc1. The van der Waals surface area contributed by atoms with Crippen LogP contribution in [-0.4, -0.2) is 0 Å². The molecule has 2 heteroatoms. The Balaban J connectivity index is 2.06. The van der Waals surface area contributed by atoms with Crippen LogP contribution in [0, 0.1) is 0 Å². The van der Waals surface area contributed by atoms with Crippen molar-refractivity contribution in [2.45, 2.75) is 25.8 Å². The number of hydrogen-bond donors (Lipinski definition) is 1. The van der Waals surface area contributed by atoms with E-state index in [-0.39, 0.29) is 6.04 Å². The lowest BCUT2D eigenvalue weighted by Gasteiger charge is -2.12. The molecule has 0 amide bonds. The molecule has 2 rings (SSSR count). The minimum absolute atomic E-state index is 0.0390. The van der Waals surface area contributed by atoms with Crippen molar-refractivity contribution in [3.63, 3.8) is 0 Å². The first-order chi connectivity index (χ1) is 8.69. The second kappa shape index (κ2) is 6.03. The maximum atomic E-state index is 6.22. The Morgan fingerprint density at radius 3 is 2.06 bits per heavy atom. The van der Waals surface area contributed by atoms with Gasteiger partial charge in [-0.3, -0.25) is 0 Å². The zero-order valence-electron chi connectivity index (χ0n) is 10.6. The van der Waals surface area contributed by atoms with Crippen LogP contribution in [-0.2, 0) is 12.8 Å². The molecular weight excluding hydrogens is 242 g/mol. The summed E-state index contributed by atoms with van der Waals surface area (Å²) in [4.78, 5) is 0. The topological polar surface area (TPSA) is 26.0 Å². The van der Waals surface area contributed by atoms with E-state index >= 15 is 0 Å². The van der Waals surface area contributed by atoms with Crippen LogP contribution in [0.2, 0.25) is 5.02 Å². The molecule has 0 aliphatic carbocycles. The van der Waals surface area contributed by atoms with E-state index in [1.54, 1.807) is 0 Å². The number of halogens is 1. The molecule has 18 heavy (non-hydrogen) atoms. The van der Waals surface area contributed by atoms with Crippen molar-refractivity contribution in [3.05, 3.63) is 70.2 Å². The van der Waals surface area contributed by atoms with Crippen LogP contribution in [0.3, 0.4) is 0 Å². The van der Waals surface area contributed by atoms with Crippen molar-refractivity contribution in [2.75, 3.05) is 0 Å². The lowest BCUT2D eigenvalue weighted by molar-refractivity contribution is 0.721. The van der Waals surface area contributed by atoms with Crippen LogP contribution >= 0.6 is 11.6 Å². The van der Waals surface area contributed by atoms with Gasteiger partial charge in [0.15, 0.2) is 0 Å². The Hall–Kier alpha value is -1.31. The third-order valence-electron chi connectivity index (χ3n) is 3.18. The third-order valence-corrected chi connectivity index (χ3v) is 3.44. The fraction of sp³-hybridized carbons (Fsp3) is 0.250. The molecule has 0 saturated heterocycles. The van der Waals surface area contributed by atoms with Crippen LogP contribution in [0.25, 0.3) is 0 Å². The predicted octanol–water partition coefficient (Wildman–Crippen LogP) is 4.14. The normalized spacial score (nSPS) is 12.4. The van der Waals surface area contributed by atoms with Crippen molar-refractivity contribution in [1.29, 1.82) is 0 Å². The summed E-state index contributed by atoms with van der Waals surface area (Å²) in [6, 6.07) is 16.5. The molecule has 0 aromatic heterocycles. The summed E-state index contributed by atoms with van der Waals surface area (Å²) >= 11 is 5.87. The monoisotopic (exact) mass is 259 g/mol. The first-order valence-electron chi connectivity index (χ1n) is 6.28. The molecule has 1 unspecified atom stereocenters. The summed E-state index contributed by atoms with van der Waals surface area (Å²) < 4.78 is 0. The van der Waals surface area contributed by atoms with Crippen molar-refractivity contribution < 1.29 is 0 Å². The van der Waals surface area contributed by atoms with Gasteiger partial charge in [-0.1, -0.05) is 54.9 Å². The lowest BCUT2D eigenvalue weighted by atomic mass is 9.98. The van der Waals surface area contributed by atoms with Gasteiger partial charge < -0.3 is 5.73 Å². The molecule has 0 saturated carbocycles. The molecule has 0 bridgehead atoms. The first kappa shape index (κ1) is 13.1. The van der Waals surface area contributed by atoms with E-state index in [9.17, 15) is 0 Å². The maximum absolute atomic E-state index is 6.22. The van der Waals surface area contributed by atoms with Crippen LogP contribution in [0.1, 0.15) is 29.7 Å². The van der Waals surface area contributed by atoms with Gasteiger partial charge in [-0.05, 0) is 41.7 Å². The molecule has 1 nitrogen and oxygen atoms in total. The summed E-state index contributed by atoms with van der Waals surface area (Å²) in [7, 11) is 0. The number of benzene rings is 2. The largest absolute Gasteiger partial charge is 0.324 e. The number of rotatable bonds is 4. The molecule has 2 aromatic rings. The Labute approximate surface area is 114 Å². The molecule has 0 fully saturated rings. The van der Waals surface area contributed by atoms with Gasteiger partial charge in [0, 0.05) is 11.1 Å². The number of nitrogens with two attached hydrogens (primary N) is 1. The Bertz CT molecular complexity index is 488. The van der Waals surface area contributed by atoms with E-state index in [0.717, 1.165) is 17.9 Å². The minimum atomic E-state index is 0.0390.